The van der Waals surface area contributed by atoms with E-state index < -0.39 is 0 Å². The second-order valence-electron chi connectivity index (χ2n) is 4.58. The summed E-state index contributed by atoms with van der Waals surface area (Å²) < 4.78 is 4.92. The van der Waals surface area contributed by atoms with E-state index in [9.17, 15) is 4.79 Å². The van der Waals surface area contributed by atoms with Gasteiger partial charge in [-0.1, -0.05) is 29.3 Å². The van der Waals surface area contributed by atoms with E-state index >= 15 is 0 Å². The Morgan fingerprint density at radius 3 is 2.47 bits per heavy atom. The van der Waals surface area contributed by atoms with Gasteiger partial charge in [-0.15, -0.1) is 11.8 Å². The van der Waals surface area contributed by atoms with Crippen molar-refractivity contribution in [2.75, 3.05) is 25.2 Å². The summed E-state index contributed by atoms with van der Waals surface area (Å²) in [6.07, 6.45) is 0. The van der Waals surface area contributed by atoms with Crippen molar-refractivity contribution in [3.63, 3.8) is 0 Å². The molecule has 1 rings (SSSR count). The van der Waals surface area contributed by atoms with Crippen molar-refractivity contribution in [2.45, 2.75) is 26.8 Å². The second kappa shape index (κ2) is 8.23. The number of carbonyl (C=O) groups is 1. The lowest BCUT2D eigenvalue weighted by Gasteiger charge is -2.17. The average Bonchev–Trinajstić information content (AvgIpc) is 2.33. The van der Waals surface area contributed by atoms with E-state index in [-0.39, 0.29) is 12.0 Å². The summed E-state index contributed by atoms with van der Waals surface area (Å²) in [4.78, 5) is 11.3. The van der Waals surface area contributed by atoms with E-state index in [4.69, 9.17) is 4.74 Å². The van der Waals surface area contributed by atoms with E-state index in [2.05, 4.69) is 37.4 Å². The van der Waals surface area contributed by atoms with Crippen LogP contribution in [0.5, 0.6) is 0 Å². The lowest BCUT2D eigenvalue weighted by atomic mass is 10.0. The van der Waals surface area contributed by atoms with Gasteiger partial charge in [0.2, 0.25) is 0 Å². The van der Waals surface area contributed by atoms with Gasteiger partial charge in [0.05, 0.1) is 12.4 Å². The number of hydrogen-bond donors (Lipinski definition) is 1. The molecule has 0 aromatic heterocycles. The van der Waals surface area contributed by atoms with Crippen molar-refractivity contribution < 1.29 is 9.53 Å². The van der Waals surface area contributed by atoms with Gasteiger partial charge in [0.15, 0.2) is 0 Å². The Morgan fingerprint density at radius 1 is 1.32 bits per heavy atom. The van der Waals surface area contributed by atoms with Crippen LogP contribution in [0.1, 0.15) is 29.7 Å². The zero-order chi connectivity index (χ0) is 14.3. The first-order chi connectivity index (χ1) is 9.06. The lowest BCUT2D eigenvalue weighted by molar-refractivity contribution is -0.139. The Balaban J connectivity index is 2.55. The van der Waals surface area contributed by atoms with E-state index in [1.807, 2.05) is 14.0 Å². The van der Waals surface area contributed by atoms with Crippen LogP contribution in [-0.4, -0.2) is 31.1 Å². The van der Waals surface area contributed by atoms with Crippen molar-refractivity contribution in [1.29, 1.82) is 0 Å². The number of carbonyl (C=O) groups excluding carboxylic acids is 1. The third-order valence-corrected chi connectivity index (χ3v) is 3.81. The average molecular weight is 281 g/mol. The molecule has 0 fully saturated rings. The van der Waals surface area contributed by atoms with E-state index in [1.54, 1.807) is 11.8 Å². The molecule has 0 aliphatic rings. The van der Waals surface area contributed by atoms with Crippen LogP contribution in [0.15, 0.2) is 18.2 Å². The van der Waals surface area contributed by atoms with Crippen molar-refractivity contribution >= 4 is 17.7 Å². The third-order valence-electron chi connectivity index (χ3n) is 2.80. The topological polar surface area (TPSA) is 38.3 Å². The minimum atomic E-state index is -0.136. The molecule has 1 N–H and O–H groups in total. The summed E-state index contributed by atoms with van der Waals surface area (Å²) in [5.41, 5.74) is 3.81. The number of aryl methyl sites for hydroxylation is 2. The van der Waals surface area contributed by atoms with Gasteiger partial charge in [-0.25, -0.2) is 0 Å². The molecule has 1 aromatic carbocycles. The maximum absolute atomic E-state index is 11.3. The molecule has 0 radical (unpaired) electrons. The van der Waals surface area contributed by atoms with E-state index in [0.29, 0.717) is 12.4 Å². The number of thioether (sulfide) groups is 1. The minimum absolute atomic E-state index is 0.136. The second-order valence-corrected chi connectivity index (χ2v) is 5.61. The Kier molecular flexibility index (Phi) is 6.95. The molecule has 0 spiro atoms. The highest BCUT2D eigenvalue weighted by Gasteiger charge is 2.11. The van der Waals surface area contributed by atoms with Gasteiger partial charge < -0.3 is 10.1 Å². The van der Waals surface area contributed by atoms with E-state index in [1.165, 1.54) is 16.7 Å². The summed E-state index contributed by atoms with van der Waals surface area (Å²) >= 11 is 1.60. The van der Waals surface area contributed by atoms with Crippen LogP contribution in [0.3, 0.4) is 0 Å². The molecule has 0 saturated carbocycles. The number of esters is 1. The fourth-order valence-electron chi connectivity index (χ4n) is 2.02. The molecule has 0 saturated heterocycles. The number of ether oxygens (including phenoxy) is 1. The molecule has 1 unspecified atom stereocenters. The van der Waals surface area contributed by atoms with Crippen molar-refractivity contribution in [2.24, 2.45) is 0 Å². The van der Waals surface area contributed by atoms with Crippen LogP contribution in [0, 0.1) is 13.8 Å². The first kappa shape index (κ1) is 16.1. The van der Waals surface area contributed by atoms with Crippen molar-refractivity contribution in [3.8, 4) is 0 Å². The molecule has 3 nitrogen and oxygen atoms in total. The fraction of sp³-hybridized carbons (Fsp3) is 0.533. The number of rotatable bonds is 7. The maximum atomic E-state index is 11.3. The van der Waals surface area contributed by atoms with Gasteiger partial charge in [-0.3, -0.25) is 4.79 Å². The minimum Gasteiger partial charge on any atom is -0.465 e. The molecule has 4 heteroatoms. The zero-order valence-corrected chi connectivity index (χ0v) is 13.0. The summed E-state index contributed by atoms with van der Waals surface area (Å²) in [6, 6.07) is 6.82. The Hall–Kier alpha value is -1.00. The van der Waals surface area contributed by atoms with Crippen LogP contribution in [0.4, 0.5) is 0 Å². The molecule has 0 heterocycles. The molecule has 0 aliphatic heterocycles. The molecule has 0 amide bonds. The third kappa shape index (κ3) is 5.66. The van der Waals surface area contributed by atoms with Gasteiger partial charge in [-0.05, 0) is 33.4 Å². The van der Waals surface area contributed by atoms with Gasteiger partial charge in [-0.2, -0.15) is 0 Å². The van der Waals surface area contributed by atoms with Crippen LogP contribution in [-0.2, 0) is 9.53 Å². The summed E-state index contributed by atoms with van der Waals surface area (Å²) in [6.45, 7) is 6.49. The van der Waals surface area contributed by atoms with Crippen LogP contribution in [0.25, 0.3) is 0 Å². The molecular weight excluding hydrogens is 258 g/mol. The number of nitrogens with one attached hydrogen (secondary N) is 1. The first-order valence-corrected chi connectivity index (χ1v) is 7.71. The highest BCUT2D eigenvalue weighted by atomic mass is 32.2. The quantitative estimate of drug-likeness (QED) is 0.780. The van der Waals surface area contributed by atoms with Gasteiger partial charge in [0.25, 0.3) is 0 Å². The van der Waals surface area contributed by atoms with Gasteiger partial charge in [0.1, 0.15) is 0 Å². The monoisotopic (exact) mass is 281 g/mol. The molecule has 106 valence electrons. The smallest absolute Gasteiger partial charge is 0.315 e. The van der Waals surface area contributed by atoms with Crippen LogP contribution < -0.4 is 5.32 Å². The fourth-order valence-corrected chi connectivity index (χ4v) is 2.98. The molecule has 0 aliphatic carbocycles. The number of benzene rings is 1. The first-order valence-electron chi connectivity index (χ1n) is 6.55. The Labute approximate surface area is 120 Å². The summed E-state index contributed by atoms with van der Waals surface area (Å²) in [7, 11) is 1.95. The highest BCUT2D eigenvalue weighted by molar-refractivity contribution is 7.99. The largest absolute Gasteiger partial charge is 0.465 e. The standard InChI is InChI=1S/C15H23NO2S/c1-5-18-15(17)10-19-9-14(16-4)13-7-11(2)6-12(3)8-13/h6-8,14,16H,5,9-10H2,1-4H3. The molecule has 1 aromatic rings. The summed E-state index contributed by atoms with van der Waals surface area (Å²) in [5.74, 6) is 1.14. The van der Waals surface area contributed by atoms with Crippen LogP contribution >= 0.6 is 11.8 Å². The Morgan fingerprint density at radius 2 is 1.95 bits per heavy atom. The predicted molar refractivity (Wildman–Crippen MR) is 81.7 cm³/mol. The molecule has 1 atom stereocenters. The maximum Gasteiger partial charge on any atom is 0.315 e. The zero-order valence-electron chi connectivity index (χ0n) is 12.2. The number of hydrogen-bond acceptors (Lipinski definition) is 4. The SMILES string of the molecule is CCOC(=O)CSCC(NC)c1cc(C)cc(C)c1. The van der Waals surface area contributed by atoms with Gasteiger partial charge >= 0.3 is 5.97 Å². The van der Waals surface area contributed by atoms with Crippen LogP contribution in [0.2, 0.25) is 0 Å². The predicted octanol–water partition coefficient (Wildman–Crippen LogP) is 2.86. The Bertz CT molecular complexity index is 400. The van der Waals surface area contributed by atoms with Crippen molar-refractivity contribution in [3.05, 3.63) is 34.9 Å². The molecule has 19 heavy (non-hydrogen) atoms. The summed E-state index contributed by atoms with van der Waals surface area (Å²) in [5, 5.41) is 3.31. The normalized spacial score (nSPS) is 12.2. The van der Waals surface area contributed by atoms with Gasteiger partial charge in [0, 0.05) is 11.8 Å². The highest BCUT2D eigenvalue weighted by Crippen LogP contribution is 2.20. The molecule has 0 bridgehead atoms. The van der Waals surface area contributed by atoms with E-state index in [0.717, 1.165) is 5.75 Å². The molecular formula is C15H23NO2S. The lowest BCUT2D eigenvalue weighted by Crippen LogP contribution is -2.20. The van der Waals surface area contributed by atoms with Crippen molar-refractivity contribution in [1.82, 2.24) is 5.32 Å².